The average molecular weight is 429 g/mol. The summed E-state index contributed by atoms with van der Waals surface area (Å²) in [5.74, 6) is -4.75. The Hall–Kier alpha value is -2.09. The van der Waals surface area contributed by atoms with Gasteiger partial charge in [-0.3, -0.25) is 4.79 Å². The van der Waals surface area contributed by atoms with E-state index >= 15 is 0 Å². The highest BCUT2D eigenvalue weighted by molar-refractivity contribution is 6.35. The Balaban J connectivity index is 2.53. The number of carboxylic acid groups (broad SMARTS) is 2. The molecule has 0 aromatic heterocycles. The predicted molar refractivity (Wildman–Crippen MR) is 107 cm³/mol. The van der Waals surface area contributed by atoms with Crippen molar-refractivity contribution in [3.8, 4) is 0 Å². The van der Waals surface area contributed by atoms with Crippen LogP contribution in [0.4, 0.5) is 5.69 Å². The summed E-state index contributed by atoms with van der Waals surface area (Å²) in [4.78, 5) is 37.9. The SMILES string of the molecule is CCN(C(=O)C(/C(=C\C(=O)O)C(=O)O)C1CCNCC1)c1cc(Cl)ccc1Cl. The van der Waals surface area contributed by atoms with Gasteiger partial charge in [0.05, 0.1) is 22.2 Å². The lowest BCUT2D eigenvalue weighted by atomic mass is 9.78. The number of carboxylic acids is 2. The Morgan fingerprint density at radius 1 is 1.25 bits per heavy atom. The van der Waals surface area contributed by atoms with Crippen molar-refractivity contribution in [3.63, 3.8) is 0 Å². The van der Waals surface area contributed by atoms with Gasteiger partial charge < -0.3 is 20.4 Å². The van der Waals surface area contributed by atoms with Gasteiger partial charge in [0.15, 0.2) is 0 Å². The lowest BCUT2D eigenvalue weighted by Gasteiger charge is -2.34. The standard InChI is InChI=1S/C19H22Cl2N2O5/c1-2-23(15-9-12(20)3-4-14(15)21)18(26)17(11-5-7-22-8-6-11)13(19(27)28)10-16(24)25/h3-4,9-11,17,22H,2,5-8H2,1H3,(H,24,25)(H,27,28)/b13-10+. The van der Waals surface area contributed by atoms with Gasteiger partial charge in [0, 0.05) is 17.6 Å². The zero-order valence-corrected chi connectivity index (χ0v) is 16.8. The van der Waals surface area contributed by atoms with Gasteiger partial charge in [-0.25, -0.2) is 9.59 Å². The number of amides is 1. The lowest BCUT2D eigenvalue weighted by molar-refractivity contribution is -0.137. The zero-order chi connectivity index (χ0) is 20.8. The van der Waals surface area contributed by atoms with Crippen LogP contribution in [-0.2, 0) is 14.4 Å². The number of nitrogens with zero attached hydrogens (tertiary/aromatic N) is 1. The van der Waals surface area contributed by atoms with Gasteiger partial charge in [-0.1, -0.05) is 23.2 Å². The zero-order valence-electron chi connectivity index (χ0n) is 15.3. The Labute approximate surface area is 172 Å². The van der Waals surface area contributed by atoms with Crippen LogP contribution in [0.5, 0.6) is 0 Å². The molecule has 0 saturated carbocycles. The number of hydrogen-bond donors (Lipinski definition) is 3. The summed E-state index contributed by atoms with van der Waals surface area (Å²) in [5, 5.41) is 22.6. The van der Waals surface area contributed by atoms with Crippen molar-refractivity contribution in [2.45, 2.75) is 19.8 Å². The number of rotatable bonds is 7. The molecule has 1 saturated heterocycles. The third-order valence-electron chi connectivity index (χ3n) is 4.76. The summed E-state index contributed by atoms with van der Waals surface area (Å²) in [6.07, 6.45) is 1.73. The van der Waals surface area contributed by atoms with E-state index in [-0.39, 0.29) is 12.5 Å². The second-order valence-electron chi connectivity index (χ2n) is 6.49. The van der Waals surface area contributed by atoms with Crippen molar-refractivity contribution in [3.05, 3.63) is 39.9 Å². The third kappa shape index (κ3) is 5.25. The summed E-state index contributed by atoms with van der Waals surface area (Å²) >= 11 is 12.3. The largest absolute Gasteiger partial charge is 0.478 e. The Kier molecular flexibility index (Phi) is 7.86. The molecule has 0 aliphatic carbocycles. The first-order valence-corrected chi connectivity index (χ1v) is 9.66. The van der Waals surface area contributed by atoms with E-state index in [1.807, 2.05) is 0 Å². The average Bonchev–Trinajstić information content (AvgIpc) is 2.65. The van der Waals surface area contributed by atoms with Crippen LogP contribution in [0.15, 0.2) is 29.8 Å². The van der Waals surface area contributed by atoms with Gasteiger partial charge in [0.1, 0.15) is 0 Å². The molecule has 152 valence electrons. The molecule has 1 fully saturated rings. The van der Waals surface area contributed by atoms with Crippen molar-refractivity contribution < 1.29 is 24.6 Å². The quantitative estimate of drug-likeness (QED) is 0.576. The smallest absolute Gasteiger partial charge is 0.332 e. The number of halogens is 2. The Morgan fingerprint density at radius 2 is 1.89 bits per heavy atom. The first-order chi connectivity index (χ1) is 13.3. The maximum absolute atomic E-state index is 13.5. The fourth-order valence-electron chi connectivity index (χ4n) is 3.49. The molecule has 1 aromatic carbocycles. The minimum absolute atomic E-state index is 0.223. The Bertz CT molecular complexity index is 791. The number of carbonyl (C=O) groups excluding carboxylic acids is 1. The topological polar surface area (TPSA) is 107 Å². The monoisotopic (exact) mass is 428 g/mol. The normalized spacial score (nSPS) is 16.5. The van der Waals surface area contributed by atoms with Crippen LogP contribution in [0, 0.1) is 11.8 Å². The second-order valence-corrected chi connectivity index (χ2v) is 7.33. The molecule has 0 spiro atoms. The molecule has 2 rings (SSSR count). The second kappa shape index (κ2) is 9.91. The van der Waals surface area contributed by atoms with Gasteiger partial charge >= 0.3 is 11.9 Å². The van der Waals surface area contributed by atoms with Crippen molar-refractivity contribution in [2.75, 3.05) is 24.5 Å². The molecule has 1 aromatic rings. The van der Waals surface area contributed by atoms with E-state index in [9.17, 15) is 19.5 Å². The van der Waals surface area contributed by atoms with Crippen LogP contribution in [0.25, 0.3) is 0 Å². The summed E-state index contributed by atoms with van der Waals surface area (Å²) < 4.78 is 0. The molecule has 0 bridgehead atoms. The molecule has 7 nitrogen and oxygen atoms in total. The van der Waals surface area contributed by atoms with Crippen LogP contribution in [0.2, 0.25) is 10.0 Å². The molecular weight excluding hydrogens is 407 g/mol. The highest BCUT2D eigenvalue weighted by atomic mass is 35.5. The number of hydrogen-bond acceptors (Lipinski definition) is 4. The summed E-state index contributed by atoms with van der Waals surface area (Å²) in [7, 11) is 0. The predicted octanol–water partition coefficient (Wildman–Crippen LogP) is 3.06. The summed E-state index contributed by atoms with van der Waals surface area (Å²) in [6.45, 7) is 3.20. The van der Waals surface area contributed by atoms with Gasteiger partial charge in [-0.2, -0.15) is 0 Å². The summed E-state index contributed by atoms with van der Waals surface area (Å²) in [6, 6.07) is 4.68. The molecule has 1 unspecified atom stereocenters. The highest BCUT2D eigenvalue weighted by Crippen LogP contribution is 2.35. The molecule has 1 aliphatic heterocycles. The molecular formula is C19H22Cl2N2O5. The maximum Gasteiger partial charge on any atom is 0.332 e. The maximum atomic E-state index is 13.5. The number of benzene rings is 1. The lowest BCUT2D eigenvalue weighted by Crippen LogP contribution is -2.44. The molecule has 28 heavy (non-hydrogen) atoms. The van der Waals surface area contributed by atoms with Crippen molar-refractivity contribution in [1.29, 1.82) is 0 Å². The van der Waals surface area contributed by atoms with Crippen LogP contribution in [0.3, 0.4) is 0 Å². The van der Waals surface area contributed by atoms with Gasteiger partial charge in [-0.05, 0) is 57.0 Å². The fourth-order valence-corrected chi connectivity index (χ4v) is 3.88. The number of anilines is 1. The highest BCUT2D eigenvalue weighted by Gasteiger charge is 2.39. The van der Waals surface area contributed by atoms with Crippen LogP contribution in [0.1, 0.15) is 19.8 Å². The minimum atomic E-state index is -1.42. The van der Waals surface area contributed by atoms with E-state index in [0.29, 0.717) is 47.7 Å². The number of aliphatic carboxylic acids is 2. The molecule has 1 amide bonds. The van der Waals surface area contributed by atoms with Crippen LogP contribution < -0.4 is 10.2 Å². The molecule has 1 heterocycles. The number of piperidine rings is 1. The van der Waals surface area contributed by atoms with E-state index in [0.717, 1.165) is 0 Å². The molecule has 1 atom stereocenters. The van der Waals surface area contributed by atoms with E-state index < -0.39 is 29.3 Å². The van der Waals surface area contributed by atoms with Crippen LogP contribution in [-0.4, -0.2) is 47.7 Å². The number of carbonyl (C=O) groups is 3. The first-order valence-electron chi connectivity index (χ1n) is 8.91. The molecule has 9 heteroatoms. The van der Waals surface area contributed by atoms with Gasteiger partial charge in [0.2, 0.25) is 5.91 Å². The first kappa shape index (κ1) is 22.2. The van der Waals surface area contributed by atoms with Crippen molar-refractivity contribution in [1.82, 2.24) is 5.32 Å². The molecule has 3 N–H and O–H groups in total. The van der Waals surface area contributed by atoms with E-state index in [2.05, 4.69) is 5.32 Å². The van der Waals surface area contributed by atoms with E-state index in [4.69, 9.17) is 28.3 Å². The molecule has 0 radical (unpaired) electrons. The third-order valence-corrected chi connectivity index (χ3v) is 5.32. The van der Waals surface area contributed by atoms with E-state index in [1.54, 1.807) is 19.1 Å². The van der Waals surface area contributed by atoms with Crippen molar-refractivity contribution in [2.24, 2.45) is 11.8 Å². The Morgan fingerprint density at radius 3 is 2.43 bits per heavy atom. The molecule has 1 aliphatic rings. The van der Waals surface area contributed by atoms with Gasteiger partial charge in [0.25, 0.3) is 0 Å². The van der Waals surface area contributed by atoms with Gasteiger partial charge in [-0.15, -0.1) is 0 Å². The fraction of sp³-hybridized carbons (Fsp3) is 0.421. The summed E-state index contributed by atoms with van der Waals surface area (Å²) in [5.41, 5.74) is -0.0679. The van der Waals surface area contributed by atoms with E-state index in [1.165, 1.54) is 11.0 Å². The van der Waals surface area contributed by atoms with Crippen LogP contribution >= 0.6 is 23.2 Å². The minimum Gasteiger partial charge on any atom is -0.478 e. The van der Waals surface area contributed by atoms with Crippen molar-refractivity contribution >= 4 is 46.7 Å². The number of nitrogens with one attached hydrogen (secondary N) is 1.